The Morgan fingerprint density at radius 2 is 2.15 bits per heavy atom. The Morgan fingerprint density at radius 3 is 3.00 bits per heavy atom. The molecule has 2 saturated heterocycles. The van der Waals surface area contributed by atoms with Gasteiger partial charge in [0, 0.05) is 23.1 Å². The number of hydrogen-bond donors (Lipinski definition) is 1. The van der Waals surface area contributed by atoms with Gasteiger partial charge in [-0.15, -0.1) is 0 Å². The molecule has 20 heavy (non-hydrogen) atoms. The second kappa shape index (κ2) is 5.86. The summed E-state index contributed by atoms with van der Waals surface area (Å²) in [6.45, 7) is 4.34. The van der Waals surface area contributed by atoms with E-state index in [1.807, 2.05) is 25.1 Å². The van der Waals surface area contributed by atoms with Gasteiger partial charge in [0.1, 0.15) is 0 Å². The monoisotopic (exact) mass is 336 g/mol. The third-order valence-corrected chi connectivity index (χ3v) is 5.66. The van der Waals surface area contributed by atoms with Crippen LogP contribution in [0.3, 0.4) is 0 Å². The van der Waals surface area contributed by atoms with Crippen molar-refractivity contribution in [2.24, 2.45) is 0 Å². The molecular weight excluding hydrogens is 316 g/mol. The van der Waals surface area contributed by atoms with Gasteiger partial charge in [-0.05, 0) is 60.3 Å². The van der Waals surface area contributed by atoms with E-state index in [0.29, 0.717) is 12.1 Å². The third kappa shape index (κ3) is 2.63. The molecule has 108 valence electrons. The van der Waals surface area contributed by atoms with Crippen molar-refractivity contribution in [3.8, 4) is 0 Å². The predicted octanol–water partition coefficient (Wildman–Crippen LogP) is 3.11. The normalized spacial score (nSPS) is 26.3. The van der Waals surface area contributed by atoms with Gasteiger partial charge >= 0.3 is 0 Å². The highest BCUT2D eigenvalue weighted by Crippen LogP contribution is 2.28. The number of aryl methyl sites for hydroxylation is 1. The lowest BCUT2D eigenvalue weighted by Crippen LogP contribution is -2.46. The number of halogens is 1. The Bertz CT molecular complexity index is 517. The van der Waals surface area contributed by atoms with Crippen LogP contribution in [-0.2, 0) is 0 Å². The summed E-state index contributed by atoms with van der Waals surface area (Å²) in [6, 6.07) is 6.71. The molecule has 0 aliphatic carbocycles. The number of piperidine rings is 1. The number of carbonyl (C=O) groups excluding carboxylic acids is 1. The SMILES string of the molecule is Cc1cccc(C(=O)NC2CCN3CCCCC23)c1Br. The average Bonchev–Trinajstić information content (AvgIpc) is 2.85. The lowest BCUT2D eigenvalue weighted by molar-refractivity contribution is 0.0914. The molecule has 2 atom stereocenters. The summed E-state index contributed by atoms with van der Waals surface area (Å²) in [5.41, 5.74) is 1.85. The molecule has 1 aromatic rings. The molecule has 0 bridgehead atoms. The van der Waals surface area contributed by atoms with E-state index in [9.17, 15) is 4.79 Å². The summed E-state index contributed by atoms with van der Waals surface area (Å²) in [5.74, 6) is 0.0537. The van der Waals surface area contributed by atoms with Crippen molar-refractivity contribution >= 4 is 21.8 Å². The molecule has 0 radical (unpaired) electrons. The highest BCUT2D eigenvalue weighted by molar-refractivity contribution is 9.10. The minimum Gasteiger partial charge on any atom is -0.348 e. The predicted molar refractivity (Wildman–Crippen MR) is 84.0 cm³/mol. The number of benzene rings is 1. The smallest absolute Gasteiger partial charge is 0.252 e. The molecule has 2 heterocycles. The molecule has 0 saturated carbocycles. The fraction of sp³-hybridized carbons (Fsp3) is 0.562. The van der Waals surface area contributed by atoms with Crippen molar-refractivity contribution in [2.45, 2.75) is 44.7 Å². The summed E-state index contributed by atoms with van der Waals surface area (Å²) >= 11 is 3.53. The number of amides is 1. The number of fused-ring (bicyclic) bond motifs is 1. The molecule has 2 unspecified atom stereocenters. The first-order valence-corrected chi connectivity index (χ1v) is 8.26. The van der Waals surface area contributed by atoms with Gasteiger partial charge in [0.05, 0.1) is 5.56 Å². The summed E-state index contributed by atoms with van der Waals surface area (Å²) in [4.78, 5) is 15.0. The maximum absolute atomic E-state index is 12.5. The molecule has 2 aliphatic rings. The number of carbonyl (C=O) groups is 1. The number of nitrogens with one attached hydrogen (secondary N) is 1. The van der Waals surface area contributed by atoms with Crippen LogP contribution in [0, 0.1) is 6.92 Å². The van der Waals surface area contributed by atoms with Crippen molar-refractivity contribution in [2.75, 3.05) is 13.1 Å². The fourth-order valence-electron chi connectivity index (χ4n) is 3.48. The molecule has 2 fully saturated rings. The molecule has 0 aromatic heterocycles. The van der Waals surface area contributed by atoms with Gasteiger partial charge in [-0.3, -0.25) is 9.69 Å². The lowest BCUT2D eigenvalue weighted by Gasteiger charge is -2.32. The van der Waals surface area contributed by atoms with Crippen LogP contribution in [0.5, 0.6) is 0 Å². The van der Waals surface area contributed by atoms with Crippen LogP contribution in [0.1, 0.15) is 41.6 Å². The first kappa shape index (κ1) is 14.1. The van der Waals surface area contributed by atoms with E-state index in [1.165, 1.54) is 25.8 Å². The standard InChI is InChI=1S/C16H21BrN2O/c1-11-5-4-6-12(15(11)17)16(20)18-13-8-10-19-9-3-2-7-14(13)19/h4-6,13-14H,2-3,7-10H2,1H3,(H,18,20). The van der Waals surface area contributed by atoms with Crippen LogP contribution in [0.25, 0.3) is 0 Å². The Kier molecular flexibility index (Phi) is 4.13. The van der Waals surface area contributed by atoms with E-state index in [1.54, 1.807) is 0 Å². The van der Waals surface area contributed by atoms with Gasteiger partial charge in [-0.1, -0.05) is 18.6 Å². The van der Waals surface area contributed by atoms with Crippen LogP contribution in [-0.4, -0.2) is 36.0 Å². The van der Waals surface area contributed by atoms with Gasteiger partial charge in [-0.2, -0.15) is 0 Å². The number of hydrogen-bond acceptors (Lipinski definition) is 2. The quantitative estimate of drug-likeness (QED) is 0.899. The Hall–Kier alpha value is -0.870. The Morgan fingerprint density at radius 1 is 1.30 bits per heavy atom. The minimum atomic E-state index is 0.0537. The molecule has 0 spiro atoms. The maximum Gasteiger partial charge on any atom is 0.252 e. The molecule has 4 heteroatoms. The molecule has 2 aliphatic heterocycles. The Balaban J connectivity index is 1.71. The van der Waals surface area contributed by atoms with Crippen LogP contribution >= 0.6 is 15.9 Å². The van der Waals surface area contributed by atoms with Crippen molar-refractivity contribution in [3.05, 3.63) is 33.8 Å². The van der Waals surface area contributed by atoms with Crippen molar-refractivity contribution in [1.82, 2.24) is 10.2 Å². The van der Waals surface area contributed by atoms with E-state index in [2.05, 4.69) is 26.1 Å². The zero-order chi connectivity index (χ0) is 14.1. The van der Waals surface area contributed by atoms with Gasteiger partial charge in [0.2, 0.25) is 0 Å². The molecule has 1 amide bonds. The minimum absolute atomic E-state index is 0.0537. The summed E-state index contributed by atoms with van der Waals surface area (Å²) in [6.07, 6.45) is 4.90. The van der Waals surface area contributed by atoms with Gasteiger partial charge in [0.25, 0.3) is 5.91 Å². The van der Waals surface area contributed by atoms with Gasteiger partial charge < -0.3 is 5.32 Å². The number of rotatable bonds is 2. The van der Waals surface area contributed by atoms with E-state index in [0.717, 1.165) is 28.6 Å². The van der Waals surface area contributed by atoms with E-state index in [-0.39, 0.29) is 5.91 Å². The van der Waals surface area contributed by atoms with Gasteiger partial charge in [-0.25, -0.2) is 0 Å². The molecule has 1 aromatic carbocycles. The van der Waals surface area contributed by atoms with Crippen LogP contribution in [0.15, 0.2) is 22.7 Å². The highest BCUT2D eigenvalue weighted by Gasteiger charge is 2.36. The average molecular weight is 337 g/mol. The molecular formula is C16H21BrN2O. The fourth-order valence-corrected chi connectivity index (χ4v) is 3.93. The molecule has 1 N–H and O–H groups in total. The zero-order valence-corrected chi connectivity index (χ0v) is 13.4. The highest BCUT2D eigenvalue weighted by atomic mass is 79.9. The summed E-state index contributed by atoms with van der Waals surface area (Å²) < 4.78 is 0.913. The summed E-state index contributed by atoms with van der Waals surface area (Å²) in [5, 5.41) is 3.25. The van der Waals surface area contributed by atoms with E-state index < -0.39 is 0 Å². The van der Waals surface area contributed by atoms with Crippen LogP contribution in [0.4, 0.5) is 0 Å². The topological polar surface area (TPSA) is 32.3 Å². The second-order valence-corrected chi connectivity index (χ2v) is 6.70. The second-order valence-electron chi connectivity index (χ2n) is 5.90. The molecule has 3 nitrogen and oxygen atoms in total. The number of nitrogens with zero attached hydrogens (tertiary/aromatic N) is 1. The first-order chi connectivity index (χ1) is 9.66. The van der Waals surface area contributed by atoms with Crippen molar-refractivity contribution < 1.29 is 4.79 Å². The lowest BCUT2D eigenvalue weighted by atomic mass is 9.98. The van der Waals surface area contributed by atoms with Crippen LogP contribution < -0.4 is 5.32 Å². The van der Waals surface area contributed by atoms with Crippen LogP contribution in [0.2, 0.25) is 0 Å². The van der Waals surface area contributed by atoms with Crippen molar-refractivity contribution in [1.29, 1.82) is 0 Å². The van der Waals surface area contributed by atoms with E-state index >= 15 is 0 Å². The maximum atomic E-state index is 12.5. The Labute approximate surface area is 128 Å². The largest absolute Gasteiger partial charge is 0.348 e. The molecule has 3 rings (SSSR count). The summed E-state index contributed by atoms with van der Waals surface area (Å²) in [7, 11) is 0. The first-order valence-electron chi connectivity index (χ1n) is 7.47. The third-order valence-electron chi connectivity index (χ3n) is 4.61. The van der Waals surface area contributed by atoms with Gasteiger partial charge in [0.15, 0.2) is 0 Å². The zero-order valence-electron chi connectivity index (χ0n) is 11.9. The van der Waals surface area contributed by atoms with Crippen molar-refractivity contribution in [3.63, 3.8) is 0 Å². The van der Waals surface area contributed by atoms with E-state index in [4.69, 9.17) is 0 Å².